The number of carbonyl (C=O) groups is 2. The number of nitrogens with two attached hydrogens (primary N) is 1. The lowest BCUT2D eigenvalue weighted by atomic mass is 9.71. The van der Waals surface area contributed by atoms with Crippen LogP contribution >= 0.6 is 0 Å². The summed E-state index contributed by atoms with van der Waals surface area (Å²) in [4.78, 5) is 23.5. The van der Waals surface area contributed by atoms with Crippen LogP contribution in [0.15, 0.2) is 24.3 Å². The molecule has 4 nitrogen and oxygen atoms in total. The summed E-state index contributed by atoms with van der Waals surface area (Å²) in [7, 11) is 0. The Balaban J connectivity index is 1.94. The zero-order valence-corrected chi connectivity index (χ0v) is 13.7. The molecule has 0 aliphatic heterocycles. The minimum atomic E-state index is -0.514. The van der Waals surface area contributed by atoms with Crippen molar-refractivity contribution >= 4 is 11.8 Å². The third-order valence-corrected chi connectivity index (χ3v) is 4.70. The summed E-state index contributed by atoms with van der Waals surface area (Å²) >= 11 is 0. The Bertz CT molecular complexity index is 552. The van der Waals surface area contributed by atoms with Crippen LogP contribution in [0, 0.1) is 11.3 Å². The first-order chi connectivity index (χ1) is 10.3. The number of amides is 2. The van der Waals surface area contributed by atoms with E-state index in [-0.39, 0.29) is 11.9 Å². The van der Waals surface area contributed by atoms with Crippen molar-refractivity contribution in [3.8, 4) is 0 Å². The van der Waals surface area contributed by atoms with E-state index in [0.29, 0.717) is 16.5 Å². The van der Waals surface area contributed by atoms with Crippen molar-refractivity contribution < 1.29 is 9.59 Å². The molecule has 2 amide bonds. The molecule has 1 aromatic rings. The van der Waals surface area contributed by atoms with E-state index in [1.807, 2.05) is 0 Å². The highest BCUT2D eigenvalue weighted by molar-refractivity contribution is 5.99. The molecular weight excluding hydrogens is 276 g/mol. The van der Waals surface area contributed by atoms with Crippen LogP contribution in [0.5, 0.6) is 0 Å². The summed E-state index contributed by atoms with van der Waals surface area (Å²) in [5.74, 6) is 0.0847. The maximum absolute atomic E-state index is 12.3. The summed E-state index contributed by atoms with van der Waals surface area (Å²) < 4.78 is 0. The van der Waals surface area contributed by atoms with Crippen LogP contribution < -0.4 is 11.1 Å². The standard InChI is InChI=1S/C18H26N2O2/c1-18(2,3)14-7-9-15(10-8-14)20-17(22)13-6-4-5-12(11-13)16(19)21/h4-6,11,14-15H,7-10H2,1-3H3,(H2,19,21)(H,20,22). The molecule has 0 radical (unpaired) electrons. The third-order valence-electron chi connectivity index (χ3n) is 4.70. The topological polar surface area (TPSA) is 72.2 Å². The summed E-state index contributed by atoms with van der Waals surface area (Å²) in [6.45, 7) is 6.85. The molecule has 120 valence electrons. The Morgan fingerprint density at radius 1 is 1.09 bits per heavy atom. The second-order valence-electron chi connectivity index (χ2n) is 7.33. The normalized spacial score (nSPS) is 22.1. The highest BCUT2D eigenvalue weighted by Gasteiger charge is 2.30. The van der Waals surface area contributed by atoms with E-state index in [1.54, 1.807) is 24.3 Å². The largest absolute Gasteiger partial charge is 0.366 e. The Kier molecular flexibility index (Phi) is 4.89. The van der Waals surface area contributed by atoms with Gasteiger partial charge in [-0.2, -0.15) is 0 Å². The average molecular weight is 302 g/mol. The molecule has 3 N–H and O–H groups in total. The summed E-state index contributed by atoms with van der Waals surface area (Å²) in [6.07, 6.45) is 4.33. The van der Waals surface area contributed by atoms with Crippen LogP contribution in [0.25, 0.3) is 0 Å². The number of hydrogen-bond acceptors (Lipinski definition) is 2. The Hall–Kier alpha value is -1.84. The summed E-state index contributed by atoms with van der Waals surface area (Å²) in [5, 5.41) is 3.08. The third kappa shape index (κ3) is 4.09. The lowest BCUT2D eigenvalue weighted by molar-refractivity contribution is 0.0904. The lowest BCUT2D eigenvalue weighted by Gasteiger charge is -2.37. The maximum atomic E-state index is 12.3. The Morgan fingerprint density at radius 2 is 1.68 bits per heavy atom. The van der Waals surface area contributed by atoms with E-state index < -0.39 is 5.91 Å². The van der Waals surface area contributed by atoms with Gasteiger partial charge in [0, 0.05) is 17.2 Å². The summed E-state index contributed by atoms with van der Waals surface area (Å²) in [6, 6.07) is 6.79. The first kappa shape index (κ1) is 16.5. The fourth-order valence-electron chi connectivity index (χ4n) is 3.19. The van der Waals surface area contributed by atoms with Crippen LogP contribution in [0.3, 0.4) is 0 Å². The molecule has 1 saturated carbocycles. The van der Waals surface area contributed by atoms with Gasteiger partial charge < -0.3 is 11.1 Å². The molecule has 0 atom stereocenters. The minimum Gasteiger partial charge on any atom is -0.366 e. The Morgan fingerprint density at radius 3 is 2.23 bits per heavy atom. The average Bonchev–Trinajstić information content (AvgIpc) is 2.47. The van der Waals surface area contributed by atoms with Crippen molar-refractivity contribution in [1.29, 1.82) is 0 Å². The van der Waals surface area contributed by atoms with Crippen molar-refractivity contribution in [1.82, 2.24) is 5.32 Å². The number of primary amides is 1. The highest BCUT2D eigenvalue weighted by atomic mass is 16.2. The molecule has 0 unspecified atom stereocenters. The first-order valence-electron chi connectivity index (χ1n) is 7.98. The molecule has 0 spiro atoms. The number of carbonyl (C=O) groups excluding carboxylic acids is 2. The van der Waals surface area contributed by atoms with Crippen LogP contribution in [0.4, 0.5) is 0 Å². The molecule has 2 rings (SSSR count). The zero-order valence-electron chi connectivity index (χ0n) is 13.7. The summed E-state index contributed by atoms with van der Waals surface area (Å²) in [5.41, 5.74) is 6.45. The molecule has 1 aromatic carbocycles. The molecule has 1 fully saturated rings. The van der Waals surface area contributed by atoms with Gasteiger partial charge in [0.25, 0.3) is 5.91 Å². The SMILES string of the molecule is CC(C)(C)C1CCC(NC(=O)c2cccc(C(N)=O)c2)CC1. The second kappa shape index (κ2) is 6.51. The molecule has 0 saturated heterocycles. The molecule has 4 heteroatoms. The van der Waals surface area contributed by atoms with E-state index in [9.17, 15) is 9.59 Å². The smallest absolute Gasteiger partial charge is 0.251 e. The predicted molar refractivity (Wildman–Crippen MR) is 87.6 cm³/mol. The second-order valence-corrected chi connectivity index (χ2v) is 7.33. The van der Waals surface area contributed by atoms with Gasteiger partial charge in [-0.1, -0.05) is 26.8 Å². The molecule has 1 aliphatic rings. The monoisotopic (exact) mass is 302 g/mol. The fourth-order valence-corrected chi connectivity index (χ4v) is 3.19. The maximum Gasteiger partial charge on any atom is 0.251 e. The van der Waals surface area contributed by atoms with Gasteiger partial charge in [-0.05, 0) is 55.2 Å². The number of rotatable bonds is 3. The minimum absolute atomic E-state index is 0.123. The quantitative estimate of drug-likeness (QED) is 0.900. The van der Waals surface area contributed by atoms with Gasteiger partial charge in [-0.3, -0.25) is 9.59 Å². The molecule has 0 heterocycles. The molecule has 0 bridgehead atoms. The van der Waals surface area contributed by atoms with Gasteiger partial charge >= 0.3 is 0 Å². The van der Waals surface area contributed by atoms with Gasteiger partial charge in [0.1, 0.15) is 0 Å². The van der Waals surface area contributed by atoms with Crippen molar-refractivity contribution in [3.63, 3.8) is 0 Å². The van der Waals surface area contributed by atoms with Crippen LogP contribution in [-0.4, -0.2) is 17.9 Å². The zero-order chi connectivity index (χ0) is 16.3. The van der Waals surface area contributed by atoms with E-state index >= 15 is 0 Å². The van der Waals surface area contributed by atoms with Gasteiger partial charge in [-0.15, -0.1) is 0 Å². The Labute approximate surface area is 132 Å². The first-order valence-corrected chi connectivity index (χ1v) is 7.98. The molecule has 0 aromatic heterocycles. The molecular formula is C18H26N2O2. The predicted octanol–water partition coefficient (Wildman–Crippen LogP) is 3.12. The van der Waals surface area contributed by atoms with Crippen LogP contribution in [0.1, 0.15) is 67.2 Å². The van der Waals surface area contributed by atoms with Crippen molar-refractivity contribution in [2.24, 2.45) is 17.1 Å². The van der Waals surface area contributed by atoms with Gasteiger partial charge in [0.05, 0.1) is 0 Å². The van der Waals surface area contributed by atoms with Crippen molar-refractivity contribution in [3.05, 3.63) is 35.4 Å². The van der Waals surface area contributed by atoms with Gasteiger partial charge in [-0.25, -0.2) is 0 Å². The molecule has 22 heavy (non-hydrogen) atoms. The van der Waals surface area contributed by atoms with E-state index in [2.05, 4.69) is 26.1 Å². The lowest BCUT2D eigenvalue weighted by Crippen LogP contribution is -2.39. The van der Waals surface area contributed by atoms with E-state index in [1.165, 1.54) is 0 Å². The number of nitrogens with one attached hydrogen (secondary N) is 1. The van der Waals surface area contributed by atoms with Crippen molar-refractivity contribution in [2.45, 2.75) is 52.5 Å². The van der Waals surface area contributed by atoms with Crippen LogP contribution in [-0.2, 0) is 0 Å². The van der Waals surface area contributed by atoms with Crippen LogP contribution in [0.2, 0.25) is 0 Å². The van der Waals surface area contributed by atoms with E-state index in [4.69, 9.17) is 5.73 Å². The number of hydrogen-bond donors (Lipinski definition) is 2. The van der Waals surface area contributed by atoms with E-state index in [0.717, 1.165) is 31.6 Å². The highest BCUT2D eigenvalue weighted by Crippen LogP contribution is 2.37. The fraction of sp³-hybridized carbons (Fsp3) is 0.556. The van der Waals surface area contributed by atoms with Crippen molar-refractivity contribution in [2.75, 3.05) is 0 Å². The number of benzene rings is 1. The van der Waals surface area contributed by atoms with Gasteiger partial charge in [0.2, 0.25) is 5.91 Å². The molecule has 1 aliphatic carbocycles. The van der Waals surface area contributed by atoms with Gasteiger partial charge in [0.15, 0.2) is 0 Å².